The molecule has 9 heteroatoms. The van der Waals surface area contributed by atoms with Crippen molar-refractivity contribution in [3.63, 3.8) is 0 Å². The molecule has 0 aliphatic rings. The number of halogens is 2. The topological polar surface area (TPSA) is 83.0 Å². The van der Waals surface area contributed by atoms with Gasteiger partial charge in [0.15, 0.2) is 5.82 Å². The number of aromatic nitrogens is 4. The van der Waals surface area contributed by atoms with Crippen LogP contribution in [0.15, 0.2) is 15.5 Å². The summed E-state index contributed by atoms with van der Waals surface area (Å²) in [5.74, 6) is 1.07. The minimum atomic E-state index is -0.516. The first-order valence-electron chi connectivity index (χ1n) is 6.73. The molecule has 1 atom stereocenters. The molecule has 7 nitrogen and oxygen atoms in total. The van der Waals surface area contributed by atoms with Crippen LogP contribution in [0, 0.1) is 5.92 Å². The molecule has 0 saturated heterocycles. The second-order valence-electron chi connectivity index (χ2n) is 5.19. The third kappa shape index (κ3) is 4.06. The molecular formula is C13H16Cl2N4O3. The molecule has 2 heterocycles. The van der Waals surface area contributed by atoms with E-state index in [1.807, 2.05) is 6.92 Å². The van der Waals surface area contributed by atoms with Crippen LogP contribution < -0.4 is 5.56 Å². The van der Waals surface area contributed by atoms with E-state index in [1.54, 1.807) is 0 Å². The van der Waals surface area contributed by atoms with Crippen LogP contribution in [0.2, 0.25) is 10.0 Å². The van der Waals surface area contributed by atoms with Gasteiger partial charge in [-0.1, -0.05) is 42.2 Å². The Kier molecular flexibility index (Phi) is 5.55. The Morgan fingerprint density at radius 1 is 1.36 bits per heavy atom. The highest BCUT2D eigenvalue weighted by Gasteiger charge is 2.16. The maximum Gasteiger partial charge on any atom is 0.287 e. The molecule has 22 heavy (non-hydrogen) atoms. The lowest BCUT2D eigenvalue weighted by Crippen LogP contribution is -2.23. The minimum absolute atomic E-state index is 0.0135. The van der Waals surface area contributed by atoms with Gasteiger partial charge in [0.25, 0.3) is 5.56 Å². The summed E-state index contributed by atoms with van der Waals surface area (Å²) < 4.78 is 11.8. The molecule has 0 aliphatic heterocycles. The Bertz CT molecular complexity index is 699. The van der Waals surface area contributed by atoms with E-state index in [9.17, 15) is 4.79 Å². The van der Waals surface area contributed by atoms with Crippen molar-refractivity contribution in [3.05, 3.63) is 38.3 Å². The third-order valence-corrected chi connectivity index (χ3v) is 3.50. The van der Waals surface area contributed by atoms with Gasteiger partial charge in [-0.15, -0.1) is 0 Å². The second-order valence-corrected chi connectivity index (χ2v) is 5.97. The molecule has 120 valence electrons. The summed E-state index contributed by atoms with van der Waals surface area (Å²) in [5.41, 5.74) is -0.516. The lowest BCUT2D eigenvalue weighted by atomic mass is 10.2. The number of hydrogen-bond acceptors (Lipinski definition) is 6. The van der Waals surface area contributed by atoms with Crippen LogP contribution in [0.5, 0.6) is 0 Å². The number of nitrogens with zero attached hydrogens (tertiary/aromatic N) is 4. The number of ether oxygens (including phenoxy) is 1. The van der Waals surface area contributed by atoms with Crippen molar-refractivity contribution in [1.82, 2.24) is 19.9 Å². The molecule has 0 fully saturated rings. The minimum Gasteiger partial charge on any atom is -0.370 e. The summed E-state index contributed by atoms with van der Waals surface area (Å²) in [4.78, 5) is 16.1. The van der Waals surface area contributed by atoms with Gasteiger partial charge in [0, 0.05) is 6.61 Å². The molecule has 2 aromatic rings. The van der Waals surface area contributed by atoms with Crippen molar-refractivity contribution in [1.29, 1.82) is 0 Å². The summed E-state index contributed by atoms with van der Waals surface area (Å²) in [5, 5.41) is 7.73. The van der Waals surface area contributed by atoms with Crippen molar-refractivity contribution in [2.24, 2.45) is 5.92 Å². The van der Waals surface area contributed by atoms with E-state index in [2.05, 4.69) is 29.1 Å². The van der Waals surface area contributed by atoms with Gasteiger partial charge in [0.2, 0.25) is 5.89 Å². The van der Waals surface area contributed by atoms with E-state index >= 15 is 0 Å². The Hall–Kier alpha value is -1.44. The van der Waals surface area contributed by atoms with Crippen molar-refractivity contribution >= 4 is 23.2 Å². The van der Waals surface area contributed by atoms with E-state index in [0.717, 1.165) is 4.68 Å². The van der Waals surface area contributed by atoms with Gasteiger partial charge >= 0.3 is 0 Å². The zero-order valence-electron chi connectivity index (χ0n) is 12.4. The smallest absolute Gasteiger partial charge is 0.287 e. The van der Waals surface area contributed by atoms with Gasteiger partial charge in [0.05, 0.1) is 11.2 Å². The average molecular weight is 347 g/mol. The van der Waals surface area contributed by atoms with Gasteiger partial charge in [-0.3, -0.25) is 4.79 Å². The third-order valence-electron chi connectivity index (χ3n) is 2.75. The molecule has 0 aliphatic carbocycles. The maximum atomic E-state index is 11.9. The maximum absolute atomic E-state index is 11.9. The summed E-state index contributed by atoms with van der Waals surface area (Å²) in [7, 11) is 0. The Balaban J connectivity index is 2.09. The molecule has 0 spiro atoms. The molecular weight excluding hydrogens is 331 g/mol. The summed E-state index contributed by atoms with van der Waals surface area (Å²) in [6.45, 7) is 6.55. The van der Waals surface area contributed by atoms with E-state index in [-0.39, 0.29) is 28.6 Å². The standard InChI is InChI=1S/C13H16Cl2N4O3/c1-7(2)6-21-8(3)12-17-10(22-18-12)5-19-13(20)11(15)9(14)4-16-19/h4,7-8H,5-6H2,1-3H3/t8-/m1/s1. The Labute approximate surface area is 137 Å². The highest BCUT2D eigenvalue weighted by Crippen LogP contribution is 2.16. The van der Waals surface area contributed by atoms with Gasteiger partial charge in [-0.05, 0) is 12.8 Å². The molecule has 2 rings (SSSR count). The van der Waals surface area contributed by atoms with E-state index in [0.29, 0.717) is 18.3 Å². The fraction of sp³-hybridized carbons (Fsp3) is 0.538. The molecule has 0 aromatic carbocycles. The molecule has 0 amide bonds. The Morgan fingerprint density at radius 3 is 2.77 bits per heavy atom. The van der Waals surface area contributed by atoms with Crippen LogP contribution >= 0.6 is 23.2 Å². The predicted octanol–water partition coefficient (Wildman–Crippen LogP) is 2.72. The van der Waals surface area contributed by atoms with E-state index < -0.39 is 5.56 Å². The second kappa shape index (κ2) is 7.21. The molecule has 0 N–H and O–H groups in total. The van der Waals surface area contributed by atoms with Crippen LogP contribution in [-0.2, 0) is 11.3 Å². The Morgan fingerprint density at radius 2 is 2.09 bits per heavy atom. The fourth-order valence-corrected chi connectivity index (χ4v) is 1.87. The van der Waals surface area contributed by atoms with Crippen LogP contribution in [0.1, 0.15) is 38.6 Å². The van der Waals surface area contributed by atoms with Gasteiger partial charge < -0.3 is 9.26 Å². The molecule has 0 bridgehead atoms. The van der Waals surface area contributed by atoms with Gasteiger partial charge in [-0.2, -0.15) is 10.1 Å². The lowest BCUT2D eigenvalue weighted by Gasteiger charge is -2.10. The van der Waals surface area contributed by atoms with Crippen molar-refractivity contribution in [2.75, 3.05) is 6.61 Å². The lowest BCUT2D eigenvalue weighted by molar-refractivity contribution is 0.0402. The molecule has 2 aromatic heterocycles. The predicted molar refractivity (Wildman–Crippen MR) is 81.1 cm³/mol. The molecule has 0 unspecified atom stereocenters. The highest BCUT2D eigenvalue weighted by atomic mass is 35.5. The highest BCUT2D eigenvalue weighted by molar-refractivity contribution is 6.41. The quantitative estimate of drug-likeness (QED) is 0.799. The monoisotopic (exact) mass is 346 g/mol. The van der Waals surface area contributed by atoms with Crippen LogP contribution in [0.3, 0.4) is 0 Å². The van der Waals surface area contributed by atoms with Crippen LogP contribution in [0.25, 0.3) is 0 Å². The van der Waals surface area contributed by atoms with E-state index in [4.69, 9.17) is 32.5 Å². The largest absolute Gasteiger partial charge is 0.370 e. The number of hydrogen-bond donors (Lipinski definition) is 0. The number of rotatable bonds is 6. The van der Waals surface area contributed by atoms with Crippen LogP contribution in [-0.4, -0.2) is 26.5 Å². The molecule has 0 radical (unpaired) electrons. The van der Waals surface area contributed by atoms with Crippen molar-refractivity contribution in [3.8, 4) is 0 Å². The zero-order chi connectivity index (χ0) is 16.3. The fourth-order valence-electron chi connectivity index (χ4n) is 1.59. The van der Waals surface area contributed by atoms with Gasteiger partial charge in [-0.25, -0.2) is 4.68 Å². The summed E-state index contributed by atoms with van der Waals surface area (Å²) in [6, 6.07) is 0. The summed E-state index contributed by atoms with van der Waals surface area (Å²) >= 11 is 11.5. The van der Waals surface area contributed by atoms with Gasteiger partial charge in [0.1, 0.15) is 17.7 Å². The van der Waals surface area contributed by atoms with E-state index in [1.165, 1.54) is 6.20 Å². The van der Waals surface area contributed by atoms with Crippen molar-refractivity contribution in [2.45, 2.75) is 33.4 Å². The SMILES string of the molecule is CC(C)CO[C@H](C)c1noc(Cn2ncc(Cl)c(Cl)c2=O)n1. The first kappa shape index (κ1) is 16.9. The van der Waals surface area contributed by atoms with Crippen molar-refractivity contribution < 1.29 is 9.26 Å². The summed E-state index contributed by atoms with van der Waals surface area (Å²) in [6.07, 6.45) is 0.995. The normalized spacial score (nSPS) is 12.8. The van der Waals surface area contributed by atoms with Crippen LogP contribution in [0.4, 0.5) is 0 Å². The first-order chi connectivity index (χ1) is 10.4. The average Bonchev–Trinajstić information content (AvgIpc) is 2.94. The molecule has 0 saturated carbocycles. The first-order valence-corrected chi connectivity index (χ1v) is 7.49. The zero-order valence-corrected chi connectivity index (χ0v) is 13.9.